The maximum Gasteiger partial charge on any atom is 0.229 e. The largest absolute Gasteiger partial charge is 0.354 e. The van der Waals surface area contributed by atoms with Crippen molar-refractivity contribution in [2.24, 2.45) is 5.41 Å². The van der Waals surface area contributed by atoms with Crippen LogP contribution in [0.5, 0.6) is 0 Å². The van der Waals surface area contributed by atoms with Crippen LogP contribution in [0.25, 0.3) is 0 Å². The maximum atomic E-state index is 5.92. The van der Waals surface area contributed by atoms with E-state index in [1.807, 2.05) is 6.92 Å². The second kappa shape index (κ2) is 5.90. The van der Waals surface area contributed by atoms with Gasteiger partial charge in [-0.2, -0.15) is 15.0 Å². The van der Waals surface area contributed by atoms with E-state index in [0.717, 1.165) is 19.4 Å². The van der Waals surface area contributed by atoms with Crippen molar-refractivity contribution in [3.05, 3.63) is 5.28 Å². The molecule has 1 unspecified atom stereocenters. The van der Waals surface area contributed by atoms with Crippen molar-refractivity contribution in [3.8, 4) is 0 Å². The second-order valence-electron chi connectivity index (χ2n) is 5.88. The van der Waals surface area contributed by atoms with Gasteiger partial charge in [-0.05, 0) is 43.2 Å². The summed E-state index contributed by atoms with van der Waals surface area (Å²) in [6, 6.07) is 0.414. The minimum Gasteiger partial charge on any atom is -0.354 e. The predicted molar refractivity (Wildman–Crippen MR) is 78.7 cm³/mol. The molecule has 0 aromatic carbocycles. The molecule has 1 aliphatic carbocycles. The molecule has 1 fully saturated rings. The number of halogens is 1. The van der Waals surface area contributed by atoms with Crippen molar-refractivity contribution in [1.29, 1.82) is 0 Å². The van der Waals surface area contributed by atoms with Crippen molar-refractivity contribution in [1.82, 2.24) is 15.0 Å². The third kappa shape index (κ3) is 4.20. The SMILES string of the molecule is CCNc1nc(Cl)nc(NC2CCCC(C)(C)C2)n1. The Balaban J connectivity index is 2.06. The Kier molecular flexibility index (Phi) is 4.45. The van der Waals surface area contributed by atoms with Crippen LogP contribution < -0.4 is 10.6 Å². The van der Waals surface area contributed by atoms with Crippen molar-refractivity contribution >= 4 is 23.5 Å². The molecular weight excluding hydrogens is 262 g/mol. The first-order valence-electron chi connectivity index (χ1n) is 6.90. The number of nitrogens with zero attached hydrogens (tertiary/aromatic N) is 3. The van der Waals surface area contributed by atoms with Crippen LogP contribution in [0, 0.1) is 5.41 Å². The van der Waals surface area contributed by atoms with Crippen LogP contribution in [0.3, 0.4) is 0 Å². The molecule has 106 valence electrons. The molecule has 19 heavy (non-hydrogen) atoms. The molecular formula is C13H22ClN5. The minimum atomic E-state index is 0.225. The summed E-state index contributed by atoms with van der Waals surface area (Å²) in [6.07, 6.45) is 4.81. The highest BCUT2D eigenvalue weighted by Crippen LogP contribution is 2.36. The van der Waals surface area contributed by atoms with E-state index in [0.29, 0.717) is 23.4 Å². The summed E-state index contributed by atoms with van der Waals surface area (Å²) in [5.74, 6) is 1.10. The van der Waals surface area contributed by atoms with Gasteiger partial charge in [0.25, 0.3) is 0 Å². The standard InChI is InChI=1S/C13H22ClN5/c1-4-15-11-17-10(14)18-12(19-11)16-9-6-5-7-13(2,3)8-9/h9H,4-8H2,1-3H3,(H2,15,16,17,18,19). The molecule has 0 radical (unpaired) electrons. The topological polar surface area (TPSA) is 62.7 Å². The van der Waals surface area contributed by atoms with E-state index in [4.69, 9.17) is 11.6 Å². The van der Waals surface area contributed by atoms with Gasteiger partial charge in [-0.3, -0.25) is 0 Å². The van der Waals surface area contributed by atoms with Crippen molar-refractivity contribution in [2.45, 2.75) is 52.5 Å². The molecule has 1 saturated carbocycles. The normalized spacial score (nSPS) is 22.0. The van der Waals surface area contributed by atoms with Gasteiger partial charge in [-0.1, -0.05) is 20.3 Å². The van der Waals surface area contributed by atoms with E-state index < -0.39 is 0 Å². The van der Waals surface area contributed by atoms with Crippen LogP contribution >= 0.6 is 11.6 Å². The molecule has 0 bridgehead atoms. The molecule has 0 amide bonds. The van der Waals surface area contributed by atoms with E-state index in [2.05, 4.69) is 39.4 Å². The van der Waals surface area contributed by atoms with Crippen LogP contribution in [0.1, 0.15) is 46.5 Å². The molecule has 1 aliphatic rings. The average molecular weight is 284 g/mol. The molecule has 1 aromatic rings. The number of anilines is 2. The van der Waals surface area contributed by atoms with Gasteiger partial charge >= 0.3 is 0 Å². The molecule has 2 rings (SSSR count). The highest BCUT2D eigenvalue weighted by atomic mass is 35.5. The van der Waals surface area contributed by atoms with Crippen LogP contribution in [0.15, 0.2) is 0 Å². The summed E-state index contributed by atoms with van der Waals surface area (Å²) in [6.45, 7) is 7.38. The Labute approximate surface area is 119 Å². The fraction of sp³-hybridized carbons (Fsp3) is 0.769. The van der Waals surface area contributed by atoms with E-state index in [1.165, 1.54) is 12.8 Å². The molecule has 2 N–H and O–H groups in total. The highest BCUT2D eigenvalue weighted by molar-refractivity contribution is 6.28. The third-order valence-electron chi connectivity index (χ3n) is 3.48. The lowest BCUT2D eigenvalue weighted by molar-refractivity contribution is 0.229. The maximum absolute atomic E-state index is 5.92. The molecule has 1 aromatic heterocycles. The minimum absolute atomic E-state index is 0.225. The molecule has 5 nitrogen and oxygen atoms in total. The van der Waals surface area contributed by atoms with Gasteiger partial charge in [0.15, 0.2) is 0 Å². The van der Waals surface area contributed by atoms with E-state index in [9.17, 15) is 0 Å². The molecule has 0 aliphatic heterocycles. The summed E-state index contributed by atoms with van der Waals surface area (Å²) in [5.41, 5.74) is 0.386. The lowest BCUT2D eigenvalue weighted by Crippen LogP contribution is -2.32. The van der Waals surface area contributed by atoms with Crippen molar-refractivity contribution in [3.63, 3.8) is 0 Å². The van der Waals surface area contributed by atoms with Crippen LogP contribution in [0.4, 0.5) is 11.9 Å². The van der Waals surface area contributed by atoms with Crippen LogP contribution in [-0.4, -0.2) is 27.5 Å². The Bertz CT molecular complexity index is 435. The Morgan fingerprint density at radius 2 is 2.00 bits per heavy atom. The number of hydrogen-bond donors (Lipinski definition) is 2. The van der Waals surface area contributed by atoms with E-state index in [1.54, 1.807) is 0 Å². The zero-order valence-electron chi connectivity index (χ0n) is 11.8. The summed E-state index contributed by atoms with van der Waals surface area (Å²) in [7, 11) is 0. The second-order valence-corrected chi connectivity index (χ2v) is 6.22. The first-order valence-corrected chi connectivity index (χ1v) is 7.28. The molecule has 0 saturated heterocycles. The summed E-state index contributed by atoms with van der Waals surface area (Å²) in [5, 5.41) is 6.67. The quantitative estimate of drug-likeness (QED) is 0.887. The monoisotopic (exact) mass is 283 g/mol. The Hall–Kier alpha value is -1.10. The summed E-state index contributed by atoms with van der Waals surface area (Å²) >= 11 is 5.92. The Morgan fingerprint density at radius 1 is 1.26 bits per heavy atom. The summed E-state index contributed by atoms with van der Waals surface area (Å²) in [4.78, 5) is 12.5. The number of aromatic nitrogens is 3. The fourth-order valence-corrected chi connectivity index (χ4v) is 2.82. The lowest BCUT2D eigenvalue weighted by atomic mass is 9.75. The first-order chi connectivity index (χ1) is 8.98. The first kappa shape index (κ1) is 14.3. The van der Waals surface area contributed by atoms with E-state index >= 15 is 0 Å². The zero-order valence-corrected chi connectivity index (χ0v) is 12.6. The zero-order chi connectivity index (χ0) is 13.9. The molecule has 0 spiro atoms. The van der Waals surface area contributed by atoms with Crippen molar-refractivity contribution in [2.75, 3.05) is 17.2 Å². The number of rotatable bonds is 4. The van der Waals surface area contributed by atoms with Gasteiger partial charge in [0, 0.05) is 12.6 Å². The van der Waals surface area contributed by atoms with Crippen LogP contribution in [0.2, 0.25) is 5.28 Å². The fourth-order valence-electron chi connectivity index (χ4n) is 2.66. The highest BCUT2D eigenvalue weighted by Gasteiger charge is 2.28. The van der Waals surface area contributed by atoms with Crippen molar-refractivity contribution < 1.29 is 0 Å². The van der Waals surface area contributed by atoms with Gasteiger partial charge in [-0.25, -0.2) is 0 Å². The summed E-state index contributed by atoms with van der Waals surface area (Å²) < 4.78 is 0. The smallest absolute Gasteiger partial charge is 0.229 e. The van der Waals surface area contributed by atoms with Gasteiger partial charge in [0.1, 0.15) is 0 Å². The van der Waals surface area contributed by atoms with Gasteiger partial charge in [-0.15, -0.1) is 0 Å². The van der Waals surface area contributed by atoms with Crippen LogP contribution in [-0.2, 0) is 0 Å². The molecule has 6 heteroatoms. The van der Waals surface area contributed by atoms with E-state index in [-0.39, 0.29) is 5.28 Å². The lowest BCUT2D eigenvalue weighted by Gasteiger charge is -2.35. The Morgan fingerprint density at radius 3 is 2.68 bits per heavy atom. The number of nitrogens with one attached hydrogen (secondary N) is 2. The van der Waals surface area contributed by atoms with Gasteiger partial charge in [0.05, 0.1) is 0 Å². The number of hydrogen-bond acceptors (Lipinski definition) is 5. The molecule has 1 heterocycles. The molecule has 1 atom stereocenters. The van der Waals surface area contributed by atoms with Gasteiger partial charge in [0.2, 0.25) is 17.2 Å². The van der Waals surface area contributed by atoms with Gasteiger partial charge < -0.3 is 10.6 Å². The third-order valence-corrected chi connectivity index (χ3v) is 3.65. The predicted octanol–water partition coefficient (Wildman–Crippen LogP) is 3.34. The average Bonchev–Trinajstić information content (AvgIpc) is 2.26.